The summed E-state index contributed by atoms with van der Waals surface area (Å²) in [5.41, 5.74) is 2.41. The van der Waals surface area contributed by atoms with Crippen LogP contribution in [-0.2, 0) is 16.0 Å². The number of hydrogen-bond acceptors (Lipinski definition) is 4. The standard InChI is InChI=1S/C18H27N3O2/c1-2-15-3-5-16(6-4-15)17(20-11-13-23-14-12-20)18(22)21-9-7-19-8-10-21/h3-6,17,19H,2,7-14H2,1H3. The summed E-state index contributed by atoms with van der Waals surface area (Å²) >= 11 is 0. The Morgan fingerprint density at radius 1 is 1.13 bits per heavy atom. The molecule has 1 aromatic rings. The number of nitrogens with one attached hydrogen (secondary N) is 1. The third-order valence-electron chi connectivity index (χ3n) is 4.78. The van der Waals surface area contributed by atoms with Crippen molar-refractivity contribution in [2.75, 3.05) is 52.5 Å². The highest BCUT2D eigenvalue weighted by Gasteiger charge is 2.32. The van der Waals surface area contributed by atoms with E-state index in [1.54, 1.807) is 0 Å². The lowest BCUT2D eigenvalue weighted by molar-refractivity contribution is -0.139. The van der Waals surface area contributed by atoms with Gasteiger partial charge in [-0.15, -0.1) is 0 Å². The molecule has 1 aromatic carbocycles. The number of nitrogens with zero attached hydrogens (tertiary/aromatic N) is 2. The van der Waals surface area contributed by atoms with E-state index < -0.39 is 0 Å². The maximum atomic E-state index is 13.2. The van der Waals surface area contributed by atoms with Gasteiger partial charge in [0.1, 0.15) is 6.04 Å². The first-order chi connectivity index (χ1) is 11.3. The van der Waals surface area contributed by atoms with Gasteiger partial charge in [0.05, 0.1) is 13.2 Å². The van der Waals surface area contributed by atoms with Crippen LogP contribution < -0.4 is 5.32 Å². The van der Waals surface area contributed by atoms with E-state index in [2.05, 4.69) is 41.4 Å². The van der Waals surface area contributed by atoms with Gasteiger partial charge in [-0.1, -0.05) is 31.2 Å². The van der Waals surface area contributed by atoms with E-state index in [9.17, 15) is 4.79 Å². The predicted molar refractivity (Wildman–Crippen MR) is 90.4 cm³/mol. The molecule has 0 spiro atoms. The third-order valence-corrected chi connectivity index (χ3v) is 4.78. The molecule has 5 nitrogen and oxygen atoms in total. The average molecular weight is 317 g/mol. The summed E-state index contributed by atoms with van der Waals surface area (Å²) in [4.78, 5) is 17.4. The molecule has 0 bridgehead atoms. The molecule has 2 aliphatic heterocycles. The number of ether oxygens (including phenoxy) is 1. The van der Waals surface area contributed by atoms with Gasteiger partial charge in [0, 0.05) is 39.3 Å². The fourth-order valence-corrected chi connectivity index (χ4v) is 3.34. The zero-order valence-corrected chi connectivity index (χ0v) is 14.0. The molecule has 0 radical (unpaired) electrons. The second-order valence-electron chi connectivity index (χ2n) is 6.22. The van der Waals surface area contributed by atoms with Gasteiger partial charge in [0.15, 0.2) is 0 Å². The van der Waals surface area contributed by atoms with Gasteiger partial charge >= 0.3 is 0 Å². The molecule has 2 heterocycles. The minimum absolute atomic E-state index is 0.178. The Balaban J connectivity index is 1.83. The minimum Gasteiger partial charge on any atom is -0.379 e. The highest BCUT2D eigenvalue weighted by atomic mass is 16.5. The largest absolute Gasteiger partial charge is 0.379 e. The van der Waals surface area contributed by atoms with Gasteiger partial charge in [-0.2, -0.15) is 0 Å². The number of rotatable bonds is 4. The Morgan fingerprint density at radius 3 is 2.39 bits per heavy atom. The van der Waals surface area contributed by atoms with Crippen LogP contribution in [0.1, 0.15) is 24.1 Å². The van der Waals surface area contributed by atoms with Crippen molar-refractivity contribution in [1.82, 2.24) is 15.1 Å². The lowest BCUT2D eigenvalue weighted by atomic mass is 10.0. The van der Waals surface area contributed by atoms with Crippen LogP contribution in [0.5, 0.6) is 0 Å². The van der Waals surface area contributed by atoms with Gasteiger partial charge in [-0.05, 0) is 17.5 Å². The van der Waals surface area contributed by atoms with Crippen molar-refractivity contribution in [2.24, 2.45) is 0 Å². The molecule has 1 amide bonds. The highest BCUT2D eigenvalue weighted by molar-refractivity contribution is 5.83. The summed E-state index contributed by atoms with van der Waals surface area (Å²) in [6, 6.07) is 8.36. The van der Waals surface area contributed by atoms with Crippen LogP contribution in [0, 0.1) is 0 Å². The Labute approximate surface area is 138 Å². The molecule has 0 saturated carbocycles. The summed E-state index contributed by atoms with van der Waals surface area (Å²) in [7, 11) is 0. The highest BCUT2D eigenvalue weighted by Crippen LogP contribution is 2.25. The maximum Gasteiger partial charge on any atom is 0.244 e. The number of benzene rings is 1. The molecule has 23 heavy (non-hydrogen) atoms. The molecule has 1 atom stereocenters. The normalized spacial score (nSPS) is 21.2. The molecule has 2 fully saturated rings. The molecule has 126 valence electrons. The molecule has 2 aliphatic rings. The van der Waals surface area contributed by atoms with Crippen LogP contribution in [0.3, 0.4) is 0 Å². The van der Waals surface area contributed by atoms with Crippen molar-refractivity contribution in [3.05, 3.63) is 35.4 Å². The molecule has 1 unspecified atom stereocenters. The van der Waals surface area contributed by atoms with Gasteiger partial charge < -0.3 is 15.0 Å². The molecular weight excluding hydrogens is 290 g/mol. The predicted octanol–water partition coefficient (Wildman–Crippen LogP) is 1.05. The number of amides is 1. The van der Waals surface area contributed by atoms with E-state index in [0.29, 0.717) is 13.2 Å². The van der Waals surface area contributed by atoms with Gasteiger partial charge in [-0.25, -0.2) is 0 Å². The minimum atomic E-state index is -0.178. The number of hydrogen-bond donors (Lipinski definition) is 1. The number of piperazine rings is 1. The Morgan fingerprint density at radius 2 is 1.78 bits per heavy atom. The van der Waals surface area contributed by atoms with Crippen molar-refractivity contribution < 1.29 is 9.53 Å². The Bertz CT molecular complexity index is 506. The lowest BCUT2D eigenvalue weighted by Gasteiger charge is -2.38. The monoisotopic (exact) mass is 317 g/mol. The first-order valence-corrected chi connectivity index (χ1v) is 8.69. The molecule has 5 heteroatoms. The molecule has 2 saturated heterocycles. The van der Waals surface area contributed by atoms with Gasteiger partial charge in [-0.3, -0.25) is 9.69 Å². The second kappa shape index (κ2) is 7.90. The number of carbonyl (C=O) groups excluding carboxylic acids is 1. The van der Waals surface area contributed by atoms with Gasteiger partial charge in [0.25, 0.3) is 0 Å². The smallest absolute Gasteiger partial charge is 0.244 e. The van der Waals surface area contributed by atoms with Crippen LogP contribution in [-0.4, -0.2) is 68.2 Å². The molecule has 3 rings (SSSR count). The number of morpholine rings is 1. The maximum absolute atomic E-state index is 13.2. The fourth-order valence-electron chi connectivity index (χ4n) is 3.34. The first-order valence-electron chi connectivity index (χ1n) is 8.69. The van der Waals surface area contributed by atoms with Crippen molar-refractivity contribution in [2.45, 2.75) is 19.4 Å². The summed E-state index contributed by atoms with van der Waals surface area (Å²) in [6.07, 6.45) is 1.02. The van der Waals surface area contributed by atoms with E-state index in [0.717, 1.165) is 51.3 Å². The van der Waals surface area contributed by atoms with Crippen LogP contribution in [0.4, 0.5) is 0 Å². The summed E-state index contributed by atoms with van der Waals surface area (Å²) in [5.74, 6) is 0.234. The van der Waals surface area contributed by atoms with E-state index in [1.165, 1.54) is 5.56 Å². The van der Waals surface area contributed by atoms with Gasteiger partial charge in [0.2, 0.25) is 5.91 Å². The van der Waals surface area contributed by atoms with E-state index in [4.69, 9.17) is 4.74 Å². The summed E-state index contributed by atoms with van der Waals surface area (Å²) in [5, 5.41) is 3.32. The fraction of sp³-hybridized carbons (Fsp3) is 0.611. The molecule has 0 aliphatic carbocycles. The van der Waals surface area contributed by atoms with Crippen molar-refractivity contribution in [3.63, 3.8) is 0 Å². The average Bonchev–Trinajstić information content (AvgIpc) is 2.64. The zero-order chi connectivity index (χ0) is 16.1. The van der Waals surface area contributed by atoms with Crippen LogP contribution >= 0.6 is 0 Å². The second-order valence-corrected chi connectivity index (χ2v) is 6.22. The number of aryl methyl sites for hydroxylation is 1. The van der Waals surface area contributed by atoms with Crippen molar-refractivity contribution in [1.29, 1.82) is 0 Å². The third kappa shape index (κ3) is 3.91. The van der Waals surface area contributed by atoms with Crippen LogP contribution in [0.2, 0.25) is 0 Å². The quantitative estimate of drug-likeness (QED) is 0.902. The summed E-state index contributed by atoms with van der Waals surface area (Å²) < 4.78 is 5.47. The Kier molecular flexibility index (Phi) is 5.65. The van der Waals surface area contributed by atoms with Crippen molar-refractivity contribution >= 4 is 5.91 Å². The molecule has 0 aromatic heterocycles. The topological polar surface area (TPSA) is 44.8 Å². The lowest BCUT2D eigenvalue weighted by Crippen LogP contribution is -2.52. The van der Waals surface area contributed by atoms with Crippen LogP contribution in [0.25, 0.3) is 0 Å². The SMILES string of the molecule is CCc1ccc(C(C(=O)N2CCNCC2)N2CCOCC2)cc1. The molecule has 1 N–H and O–H groups in total. The van der Waals surface area contributed by atoms with E-state index >= 15 is 0 Å². The molecular formula is C18H27N3O2. The van der Waals surface area contributed by atoms with Crippen molar-refractivity contribution in [3.8, 4) is 0 Å². The summed E-state index contributed by atoms with van der Waals surface area (Å²) in [6.45, 7) is 8.57. The van der Waals surface area contributed by atoms with E-state index in [1.807, 2.05) is 4.90 Å². The van der Waals surface area contributed by atoms with E-state index in [-0.39, 0.29) is 11.9 Å². The Hall–Kier alpha value is -1.43. The zero-order valence-electron chi connectivity index (χ0n) is 14.0. The van der Waals surface area contributed by atoms with Crippen LogP contribution in [0.15, 0.2) is 24.3 Å². The number of carbonyl (C=O) groups is 1. The first kappa shape index (κ1) is 16.4.